The van der Waals surface area contributed by atoms with Gasteiger partial charge in [-0.3, -0.25) is 4.79 Å². The SMILES string of the molecule is CCCn1c(CCC(=O)NC(C)C2CCCO2)nc2cc(S(N)(=O)=O)ccc21. The molecule has 0 radical (unpaired) electrons. The fourth-order valence-electron chi connectivity index (χ4n) is 3.64. The monoisotopic (exact) mass is 408 g/mol. The van der Waals surface area contributed by atoms with E-state index in [-0.39, 0.29) is 22.9 Å². The number of benzene rings is 1. The third kappa shape index (κ3) is 4.71. The van der Waals surface area contributed by atoms with Gasteiger partial charge in [0, 0.05) is 26.0 Å². The minimum absolute atomic E-state index is 0.0122. The summed E-state index contributed by atoms with van der Waals surface area (Å²) < 4.78 is 30.9. The zero-order chi connectivity index (χ0) is 20.3. The summed E-state index contributed by atoms with van der Waals surface area (Å²) in [5, 5.41) is 8.23. The summed E-state index contributed by atoms with van der Waals surface area (Å²) in [6, 6.07) is 4.69. The summed E-state index contributed by atoms with van der Waals surface area (Å²) in [7, 11) is -3.78. The first-order valence-electron chi connectivity index (χ1n) is 9.72. The van der Waals surface area contributed by atoms with Gasteiger partial charge in [0.25, 0.3) is 0 Å². The first kappa shape index (κ1) is 20.8. The molecule has 2 aromatic rings. The number of nitrogens with one attached hydrogen (secondary N) is 1. The van der Waals surface area contributed by atoms with Crippen molar-refractivity contribution >= 4 is 27.0 Å². The van der Waals surface area contributed by atoms with Crippen LogP contribution in [-0.4, -0.2) is 42.6 Å². The smallest absolute Gasteiger partial charge is 0.238 e. The molecule has 1 aliphatic rings. The molecule has 1 saturated heterocycles. The van der Waals surface area contributed by atoms with Crippen LogP contribution in [0.4, 0.5) is 0 Å². The lowest BCUT2D eigenvalue weighted by atomic mass is 10.1. The molecule has 0 spiro atoms. The Morgan fingerprint density at radius 3 is 2.89 bits per heavy atom. The molecule has 154 valence electrons. The van der Waals surface area contributed by atoms with E-state index in [2.05, 4.69) is 17.2 Å². The standard InChI is InChI=1S/C19H28N4O4S/c1-3-10-23-16-7-6-14(28(20,25)26)12-15(16)22-18(23)8-9-19(24)21-13(2)17-5-4-11-27-17/h6-7,12-13,17H,3-5,8-11H2,1-2H3,(H,21,24)(H2,20,25,26). The second-order valence-corrected chi connectivity index (χ2v) is 8.84. The van der Waals surface area contributed by atoms with Gasteiger partial charge in [-0.2, -0.15) is 0 Å². The average Bonchev–Trinajstić information content (AvgIpc) is 3.27. The first-order chi connectivity index (χ1) is 13.3. The Kier molecular flexibility index (Phi) is 6.36. The average molecular weight is 409 g/mol. The van der Waals surface area contributed by atoms with Crippen LogP contribution < -0.4 is 10.5 Å². The molecule has 8 nitrogen and oxygen atoms in total. The Bertz CT molecular complexity index is 948. The van der Waals surface area contributed by atoms with Crippen LogP contribution in [0.25, 0.3) is 11.0 Å². The van der Waals surface area contributed by atoms with Gasteiger partial charge in [0.05, 0.1) is 28.1 Å². The van der Waals surface area contributed by atoms with Gasteiger partial charge in [0.1, 0.15) is 5.82 Å². The molecule has 0 bridgehead atoms. The zero-order valence-electron chi connectivity index (χ0n) is 16.3. The lowest BCUT2D eigenvalue weighted by Gasteiger charge is -2.20. The van der Waals surface area contributed by atoms with Gasteiger partial charge < -0.3 is 14.6 Å². The van der Waals surface area contributed by atoms with E-state index in [0.717, 1.165) is 43.8 Å². The number of hydrogen-bond acceptors (Lipinski definition) is 5. The lowest BCUT2D eigenvalue weighted by Crippen LogP contribution is -2.40. The van der Waals surface area contributed by atoms with E-state index < -0.39 is 10.0 Å². The molecule has 3 rings (SSSR count). The molecule has 1 aromatic carbocycles. The Morgan fingerprint density at radius 2 is 2.25 bits per heavy atom. The van der Waals surface area contributed by atoms with E-state index in [0.29, 0.717) is 18.4 Å². The molecule has 9 heteroatoms. The molecule has 3 N–H and O–H groups in total. The minimum atomic E-state index is -3.78. The summed E-state index contributed by atoms with van der Waals surface area (Å²) in [6.07, 6.45) is 3.78. The number of carbonyl (C=O) groups excluding carboxylic acids is 1. The second kappa shape index (κ2) is 8.59. The molecule has 28 heavy (non-hydrogen) atoms. The number of carbonyl (C=O) groups is 1. The van der Waals surface area contributed by atoms with Crippen molar-refractivity contribution in [1.82, 2.24) is 14.9 Å². The summed E-state index contributed by atoms with van der Waals surface area (Å²) in [5.41, 5.74) is 1.42. The highest BCUT2D eigenvalue weighted by Crippen LogP contribution is 2.21. The molecule has 1 amide bonds. The third-order valence-electron chi connectivity index (χ3n) is 5.06. The predicted molar refractivity (Wildman–Crippen MR) is 106 cm³/mol. The molecule has 2 atom stereocenters. The van der Waals surface area contributed by atoms with E-state index >= 15 is 0 Å². The molecule has 1 aromatic heterocycles. The van der Waals surface area contributed by atoms with Gasteiger partial charge in [0.2, 0.25) is 15.9 Å². The van der Waals surface area contributed by atoms with Gasteiger partial charge in [0.15, 0.2) is 0 Å². The maximum absolute atomic E-state index is 12.4. The largest absolute Gasteiger partial charge is 0.376 e. The lowest BCUT2D eigenvalue weighted by molar-refractivity contribution is -0.122. The maximum atomic E-state index is 12.4. The quantitative estimate of drug-likeness (QED) is 0.690. The molecule has 0 saturated carbocycles. The van der Waals surface area contributed by atoms with Crippen LogP contribution in [0.5, 0.6) is 0 Å². The number of nitrogens with zero attached hydrogens (tertiary/aromatic N) is 2. The topological polar surface area (TPSA) is 116 Å². The third-order valence-corrected chi connectivity index (χ3v) is 5.97. The second-order valence-electron chi connectivity index (χ2n) is 7.28. The number of aryl methyl sites for hydroxylation is 2. The van der Waals surface area contributed by atoms with Crippen LogP contribution in [-0.2, 0) is 32.5 Å². The fourth-order valence-corrected chi connectivity index (χ4v) is 4.18. The predicted octanol–water partition coefficient (Wildman–Crippen LogP) is 1.71. The summed E-state index contributed by atoms with van der Waals surface area (Å²) in [6.45, 7) is 5.53. The highest BCUT2D eigenvalue weighted by atomic mass is 32.2. The normalized spacial score (nSPS) is 18.5. The molecule has 1 aliphatic heterocycles. The minimum Gasteiger partial charge on any atom is -0.376 e. The van der Waals surface area contributed by atoms with Crippen molar-refractivity contribution in [2.24, 2.45) is 5.14 Å². The Hall–Kier alpha value is -1.97. The number of rotatable bonds is 8. The van der Waals surface area contributed by atoms with Gasteiger partial charge in [-0.15, -0.1) is 0 Å². The number of amides is 1. The van der Waals surface area contributed by atoms with Crippen LogP contribution in [0, 0.1) is 0 Å². The zero-order valence-corrected chi connectivity index (χ0v) is 17.2. The Labute approximate surface area is 165 Å². The van der Waals surface area contributed by atoms with Crippen molar-refractivity contribution in [3.8, 4) is 0 Å². The van der Waals surface area contributed by atoms with Gasteiger partial charge >= 0.3 is 0 Å². The van der Waals surface area contributed by atoms with Gasteiger partial charge in [-0.1, -0.05) is 6.92 Å². The Balaban J connectivity index is 1.73. The molecule has 2 heterocycles. The van der Waals surface area contributed by atoms with Gasteiger partial charge in [-0.25, -0.2) is 18.5 Å². The Morgan fingerprint density at radius 1 is 1.46 bits per heavy atom. The molecule has 0 aliphatic carbocycles. The van der Waals surface area contributed by atoms with Crippen molar-refractivity contribution < 1.29 is 17.9 Å². The molecule has 2 unspecified atom stereocenters. The summed E-state index contributed by atoms with van der Waals surface area (Å²) in [5.74, 6) is 0.728. The maximum Gasteiger partial charge on any atom is 0.238 e. The number of imidazole rings is 1. The number of ether oxygens (including phenoxy) is 1. The number of hydrogen-bond donors (Lipinski definition) is 2. The fraction of sp³-hybridized carbons (Fsp3) is 0.579. The van der Waals surface area contributed by atoms with Crippen LogP contribution >= 0.6 is 0 Å². The molecular weight excluding hydrogens is 380 g/mol. The highest BCUT2D eigenvalue weighted by Gasteiger charge is 2.23. The van der Waals surface area contributed by atoms with E-state index in [4.69, 9.17) is 9.88 Å². The van der Waals surface area contributed by atoms with Crippen molar-refractivity contribution in [1.29, 1.82) is 0 Å². The first-order valence-corrected chi connectivity index (χ1v) is 11.3. The van der Waals surface area contributed by atoms with Crippen LogP contribution in [0.2, 0.25) is 0 Å². The van der Waals surface area contributed by atoms with Crippen molar-refractivity contribution in [3.63, 3.8) is 0 Å². The van der Waals surface area contributed by atoms with Crippen LogP contribution in [0.1, 0.15) is 45.4 Å². The van der Waals surface area contributed by atoms with Gasteiger partial charge in [-0.05, 0) is 44.4 Å². The number of fused-ring (bicyclic) bond motifs is 1. The van der Waals surface area contributed by atoms with E-state index in [1.165, 1.54) is 12.1 Å². The number of sulfonamides is 1. The highest BCUT2D eigenvalue weighted by molar-refractivity contribution is 7.89. The number of aromatic nitrogens is 2. The van der Waals surface area contributed by atoms with Crippen molar-refractivity contribution in [3.05, 3.63) is 24.0 Å². The van der Waals surface area contributed by atoms with Crippen LogP contribution in [0.15, 0.2) is 23.1 Å². The molecular formula is C19H28N4O4S. The number of primary sulfonamides is 1. The summed E-state index contributed by atoms with van der Waals surface area (Å²) >= 11 is 0. The van der Waals surface area contributed by atoms with Crippen LogP contribution in [0.3, 0.4) is 0 Å². The number of nitrogens with two attached hydrogens (primary N) is 1. The molecule has 1 fully saturated rings. The van der Waals surface area contributed by atoms with Crippen molar-refractivity contribution in [2.45, 2.75) is 69.5 Å². The van der Waals surface area contributed by atoms with E-state index in [1.54, 1.807) is 6.07 Å². The van der Waals surface area contributed by atoms with Crippen molar-refractivity contribution in [2.75, 3.05) is 6.61 Å². The van der Waals surface area contributed by atoms with E-state index in [9.17, 15) is 13.2 Å². The summed E-state index contributed by atoms with van der Waals surface area (Å²) in [4.78, 5) is 17.0. The van der Waals surface area contributed by atoms with E-state index in [1.807, 2.05) is 11.5 Å².